The van der Waals surface area contributed by atoms with E-state index in [-0.39, 0.29) is 0 Å². The highest BCUT2D eigenvalue weighted by molar-refractivity contribution is 6.26. The van der Waals surface area contributed by atoms with Crippen LogP contribution in [-0.2, 0) is 52.4 Å². The maximum absolute atomic E-state index is 11.7. The predicted molar refractivity (Wildman–Crippen MR) is 88.8 cm³/mol. The Morgan fingerprint density at radius 1 is 0.750 bits per heavy atom. The number of alkyl halides is 1. The van der Waals surface area contributed by atoms with Gasteiger partial charge >= 0.3 is 29.8 Å². The fraction of sp³-hybridized carbons (Fsp3) is 0.688. The quantitative estimate of drug-likeness (QED) is 0.306. The van der Waals surface area contributed by atoms with Crippen LogP contribution in [0.25, 0.3) is 0 Å². The first-order valence-electron chi connectivity index (χ1n) is 8.11. The van der Waals surface area contributed by atoms with Gasteiger partial charge < -0.3 is 28.4 Å². The molecule has 28 heavy (non-hydrogen) atoms. The summed E-state index contributed by atoms with van der Waals surface area (Å²) in [6.07, 6.45) is -6.97. The Balaban J connectivity index is 3.31. The van der Waals surface area contributed by atoms with Crippen LogP contribution < -0.4 is 0 Å². The van der Waals surface area contributed by atoms with E-state index in [9.17, 15) is 24.0 Å². The molecule has 1 heterocycles. The molecule has 11 nitrogen and oxygen atoms in total. The molecule has 0 aromatic rings. The van der Waals surface area contributed by atoms with Gasteiger partial charge in [0.25, 0.3) is 0 Å². The van der Waals surface area contributed by atoms with Crippen LogP contribution in [0.1, 0.15) is 27.7 Å². The van der Waals surface area contributed by atoms with E-state index in [2.05, 4.69) is 0 Å². The van der Waals surface area contributed by atoms with Crippen molar-refractivity contribution >= 4 is 41.4 Å². The zero-order valence-corrected chi connectivity index (χ0v) is 16.4. The van der Waals surface area contributed by atoms with E-state index in [1.165, 1.54) is 0 Å². The van der Waals surface area contributed by atoms with Gasteiger partial charge in [-0.25, -0.2) is 0 Å². The standard InChI is InChI=1S/C16H21ClO11/c1-7(18)23-6-11-13(24-8(2)19)14(25-9(3)20)15(28-12(22)5-17)16(27-11)26-10(4)21/h11,13-16H,5-6H2,1-4H3/t11-,13-,14+,15-,16+/m1/s1. The normalized spacial score (nSPS) is 26.5. The molecule has 1 fully saturated rings. The second kappa shape index (κ2) is 10.8. The van der Waals surface area contributed by atoms with Gasteiger partial charge in [-0.2, -0.15) is 0 Å². The van der Waals surface area contributed by atoms with Crippen molar-refractivity contribution in [2.75, 3.05) is 12.5 Å². The average Bonchev–Trinajstić information content (AvgIpc) is 2.56. The topological polar surface area (TPSA) is 141 Å². The molecule has 0 aliphatic carbocycles. The average molecular weight is 425 g/mol. The molecule has 0 N–H and O–H groups in total. The van der Waals surface area contributed by atoms with Crippen molar-refractivity contribution in [1.29, 1.82) is 0 Å². The molecule has 0 spiro atoms. The number of ether oxygens (including phenoxy) is 6. The lowest BCUT2D eigenvalue weighted by molar-refractivity contribution is -0.300. The first-order chi connectivity index (χ1) is 13.0. The van der Waals surface area contributed by atoms with Crippen LogP contribution in [-0.4, -0.2) is 73.0 Å². The zero-order valence-electron chi connectivity index (χ0n) is 15.7. The highest BCUT2D eigenvalue weighted by Crippen LogP contribution is 2.30. The van der Waals surface area contributed by atoms with Gasteiger partial charge in [0.05, 0.1) is 0 Å². The maximum Gasteiger partial charge on any atom is 0.321 e. The van der Waals surface area contributed by atoms with E-state index >= 15 is 0 Å². The van der Waals surface area contributed by atoms with Crippen LogP contribution in [0.3, 0.4) is 0 Å². The number of hydrogen-bond donors (Lipinski definition) is 0. The van der Waals surface area contributed by atoms with Crippen molar-refractivity contribution in [2.45, 2.75) is 58.4 Å². The lowest BCUT2D eigenvalue weighted by atomic mass is 9.98. The Morgan fingerprint density at radius 3 is 1.75 bits per heavy atom. The monoisotopic (exact) mass is 424 g/mol. The number of esters is 5. The number of rotatable bonds is 7. The van der Waals surface area contributed by atoms with Crippen molar-refractivity contribution in [3.8, 4) is 0 Å². The van der Waals surface area contributed by atoms with Gasteiger partial charge in [-0.3, -0.25) is 24.0 Å². The second-order valence-electron chi connectivity index (χ2n) is 5.69. The first-order valence-corrected chi connectivity index (χ1v) is 8.64. The first kappa shape index (κ1) is 23.6. The highest BCUT2D eigenvalue weighted by Gasteiger charge is 2.53. The fourth-order valence-corrected chi connectivity index (χ4v) is 2.50. The van der Waals surface area contributed by atoms with E-state index in [4.69, 9.17) is 40.0 Å². The van der Waals surface area contributed by atoms with Crippen molar-refractivity contribution in [2.24, 2.45) is 0 Å². The molecule has 1 aliphatic rings. The molecule has 1 aliphatic heterocycles. The summed E-state index contributed by atoms with van der Waals surface area (Å²) in [7, 11) is 0. The Morgan fingerprint density at radius 2 is 1.29 bits per heavy atom. The van der Waals surface area contributed by atoms with Crippen LogP contribution in [0.5, 0.6) is 0 Å². The number of carbonyl (C=O) groups excluding carboxylic acids is 5. The van der Waals surface area contributed by atoms with E-state index in [0.29, 0.717) is 0 Å². The summed E-state index contributed by atoms with van der Waals surface area (Å²) in [6, 6.07) is 0. The molecule has 158 valence electrons. The van der Waals surface area contributed by atoms with Gasteiger partial charge in [-0.15, -0.1) is 11.6 Å². The maximum atomic E-state index is 11.7. The summed E-state index contributed by atoms with van der Waals surface area (Å²) in [5, 5.41) is 0. The van der Waals surface area contributed by atoms with Crippen LogP contribution in [0.15, 0.2) is 0 Å². The third kappa shape index (κ3) is 7.31. The number of carbonyl (C=O) groups is 5. The Kier molecular flexibility index (Phi) is 9.13. The smallest absolute Gasteiger partial charge is 0.321 e. The Hall–Kier alpha value is -2.40. The molecule has 0 radical (unpaired) electrons. The Bertz CT molecular complexity index is 620. The molecule has 0 saturated carbocycles. The van der Waals surface area contributed by atoms with Gasteiger partial charge in [0, 0.05) is 27.7 Å². The summed E-state index contributed by atoms with van der Waals surface area (Å²) in [6.45, 7) is 3.96. The number of halogens is 1. The summed E-state index contributed by atoms with van der Waals surface area (Å²) in [5.74, 6) is -4.50. The lowest BCUT2D eigenvalue weighted by Gasteiger charge is -2.43. The van der Waals surface area contributed by atoms with Gasteiger partial charge in [-0.05, 0) is 0 Å². The van der Waals surface area contributed by atoms with Crippen LogP contribution in [0.4, 0.5) is 0 Å². The molecule has 1 saturated heterocycles. The van der Waals surface area contributed by atoms with Gasteiger partial charge in [-0.1, -0.05) is 0 Å². The highest BCUT2D eigenvalue weighted by atomic mass is 35.5. The van der Waals surface area contributed by atoms with Crippen LogP contribution in [0.2, 0.25) is 0 Å². The van der Waals surface area contributed by atoms with E-state index in [1.54, 1.807) is 0 Å². The van der Waals surface area contributed by atoms with E-state index in [0.717, 1.165) is 27.7 Å². The van der Waals surface area contributed by atoms with Crippen LogP contribution in [0, 0.1) is 0 Å². The van der Waals surface area contributed by atoms with Gasteiger partial charge in [0.15, 0.2) is 12.2 Å². The van der Waals surface area contributed by atoms with Crippen molar-refractivity contribution in [3.63, 3.8) is 0 Å². The molecule has 0 unspecified atom stereocenters. The number of hydrogen-bond acceptors (Lipinski definition) is 11. The zero-order chi connectivity index (χ0) is 21.4. The summed E-state index contributed by atoms with van der Waals surface area (Å²) >= 11 is 5.44. The van der Waals surface area contributed by atoms with Crippen molar-refractivity contribution in [1.82, 2.24) is 0 Å². The minimum atomic E-state index is -1.54. The van der Waals surface area contributed by atoms with Crippen molar-refractivity contribution < 1.29 is 52.4 Å². The van der Waals surface area contributed by atoms with Gasteiger partial charge in [0.2, 0.25) is 12.4 Å². The Labute approximate surface area is 165 Å². The predicted octanol–water partition coefficient (Wildman–Crippen LogP) is -0.148. The molecule has 0 bridgehead atoms. The summed E-state index contributed by atoms with van der Waals surface area (Å²) < 4.78 is 30.8. The lowest BCUT2D eigenvalue weighted by Crippen LogP contribution is -2.63. The van der Waals surface area contributed by atoms with Crippen molar-refractivity contribution in [3.05, 3.63) is 0 Å². The molecule has 12 heteroatoms. The third-order valence-electron chi connectivity index (χ3n) is 3.30. The molecular weight excluding hydrogens is 404 g/mol. The molecule has 0 aromatic heterocycles. The fourth-order valence-electron chi connectivity index (χ4n) is 2.44. The summed E-state index contributed by atoms with van der Waals surface area (Å²) in [4.78, 5) is 57.4. The van der Waals surface area contributed by atoms with E-state index in [1.807, 2.05) is 0 Å². The second-order valence-corrected chi connectivity index (χ2v) is 5.96. The molecule has 0 aromatic carbocycles. The minimum Gasteiger partial charge on any atom is -0.463 e. The molecular formula is C16H21ClO11. The van der Waals surface area contributed by atoms with E-state index < -0.39 is 73.0 Å². The van der Waals surface area contributed by atoms with Crippen LogP contribution >= 0.6 is 11.6 Å². The minimum absolute atomic E-state index is 0.418. The molecule has 5 atom stereocenters. The SMILES string of the molecule is CC(=O)OC[C@H]1O[C@H](OC(C)=O)[C@H](OC(=O)CCl)[C@@H](OC(C)=O)[C@@H]1OC(C)=O. The largest absolute Gasteiger partial charge is 0.463 e. The van der Waals surface area contributed by atoms with Gasteiger partial charge in [0.1, 0.15) is 18.6 Å². The molecule has 1 rings (SSSR count). The molecule has 0 amide bonds. The summed E-state index contributed by atoms with van der Waals surface area (Å²) in [5.41, 5.74) is 0. The third-order valence-corrected chi connectivity index (χ3v) is 3.52.